The van der Waals surface area contributed by atoms with Crippen LogP contribution < -0.4 is 0 Å². The third-order valence-corrected chi connectivity index (χ3v) is 3.45. The zero-order valence-electron chi connectivity index (χ0n) is 11.2. The topological polar surface area (TPSA) is 53.4 Å². The van der Waals surface area contributed by atoms with Crippen LogP contribution in [0.25, 0.3) is 0 Å². The monoisotopic (exact) mass is 248 g/mol. The number of likely N-dealkylation sites (tertiary alicyclic amines) is 1. The van der Waals surface area contributed by atoms with Gasteiger partial charge in [-0.05, 0) is 45.2 Å². The molecular weight excluding hydrogens is 228 g/mol. The molecule has 1 amide bonds. The van der Waals surface area contributed by atoms with Gasteiger partial charge >= 0.3 is 0 Å². The van der Waals surface area contributed by atoms with Crippen molar-refractivity contribution in [1.82, 2.24) is 9.88 Å². The van der Waals surface area contributed by atoms with Gasteiger partial charge in [-0.3, -0.25) is 9.78 Å². The maximum atomic E-state index is 12.4. The number of aromatic nitrogens is 1. The van der Waals surface area contributed by atoms with Crippen LogP contribution in [0.15, 0.2) is 18.5 Å². The van der Waals surface area contributed by atoms with Crippen molar-refractivity contribution >= 4 is 5.91 Å². The average Bonchev–Trinajstić information content (AvgIpc) is 2.76. The molecule has 98 valence electrons. The number of carbonyl (C=O) groups excluding carboxylic acids is 1. The lowest BCUT2D eigenvalue weighted by Crippen LogP contribution is -2.48. The van der Waals surface area contributed by atoms with Crippen LogP contribution in [0.5, 0.6) is 0 Å². The molecule has 1 aliphatic heterocycles. The summed E-state index contributed by atoms with van der Waals surface area (Å²) in [7, 11) is 0. The van der Waals surface area contributed by atoms with Crippen LogP contribution in [0.4, 0.5) is 0 Å². The van der Waals surface area contributed by atoms with Crippen molar-refractivity contribution in [2.45, 2.75) is 45.3 Å². The first-order valence-corrected chi connectivity index (χ1v) is 6.34. The van der Waals surface area contributed by atoms with Crippen LogP contribution in [0.2, 0.25) is 0 Å². The minimum Gasteiger partial charge on any atom is -0.388 e. The molecule has 1 saturated heterocycles. The van der Waals surface area contributed by atoms with Gasteiger partial charge in [-0.25, -0.2) is 0 Å². The number of hydrogen-bond acceptors (Lipinski definition) is 3. The Labute approximate surface area is 108 Å². The van der Waals surface area contributed by atoms with Crippen molar-refractivity contribution in [1.29, 1.82) is 0 Å². The number of aliphatic hydroxyl groups is 1. The van der Waals surface area contributed by atoms with Gasteiger partial charge < -0.3 is 10.0 Å². The summed E-state index contributed by atoms with van der Waals surface area (Å²) >= 11 is 0. The maximum Gasteiger partial charge on any atom is 0.255 e. The predicted molar refractivity (Wildman–Crippen MR) is 69.3 cm³/mol. The van der Waals surface area contributed by atoms with Gasteiger partial charge in [0.25, 0.3) is 5.91 Å². The van der Waals surface area contributed by atoms with Crippen molar-refractivity contribution in [3.05, 3.63) is 29.6 Å². The normalized spacial score (nSPS) is 20.2. The summed E-state index contributed by atoms with van der Waals surface area (Å²) in [6.07, 6.45) is 5.12. The number of amides is 1. The van der Waals surface area contributed by atoms with E-state index in [2.05, 4.69) is 4.98 Å². The summed E-state index contributed by atoms with van der Waals surface area (Å²) in [5.74, 6) is -0.0316. The Morgan fingerprint density at radius 2 is 2.22 bits per heavy atom. The largest absolute Gasteiger partial charge is 0.388 e. The number of rotatable bonds is 2. The third kappa shape index (κ3) is 2.53. The zero-order chi connectivity index (χ0) is 13.3. The van der Waals surface area contributed by atoms with E-state index in [0.29, 0.717) is 12.1 Å². The second kappa shape index (κ2) is 4.69. The van der Waals surface area contributed by atoms with E-state index in [1.807, 2.05) is 13.0 Å². The lowest BCUT2D eigenvalue weighted by atomic mass is 9.96. The summed E-state index contributed by atoms with van der Waals surface area (Å²) in [6, 6.07) is 1.74. The third-order valence-electron chi connectivity index (χ3n) is 3.45. The second-order valence-corrected chi connectivity index (χ2v) is 5.56. The Hall–Kier alpha value is -1.42. The standard InChI is InChI=1S/C14H20N2O2/c1-10-7-11(9-15-8-10)13(17)16-6-4-5-12(16)14(2,3)18/h7-9,12,18H,4-6H2,1-3H3/t12-/m0/s1. The molecule has 0 saturated carbocycles. The smallest absolute Gasteiger partial charge is 0.255 e. The summed E-state index contributed by atoms with van der Waals surface area (Å²) in [5, 5.41) is 10.1. The molecule has 2 rings (SSSR count). The molecule has 0 aliphatic carbocycles. The summed E-state index contributed by atoms with van der Waals surface area (Å²) in [4.78, 5) is 18.3. The molecule has 0 bridgehead atoms. The highest BCUT2D eigenvalue weighted by molar-refractivity contribution is 5.94. The fourth-order valence-electron chi connectivity index (χ4n) is 2.58. The van der Waals surface area contributed by atoms with Crippen molar-refractivity contribution in [3.8, 4) is 0 Å². The quantitative estimate of drug-likeness (QED) is 0.867. The van der Waals surface area contributed by atoms with E-state index >= 15 is 0 Å². The van der Waals surface area contributed by atoms with Gasteiger partial charge in [0, 0.05) is 18.9 Å². The van der Waals surface area contributed by atoms with Gasteiger partial charge in [-0.15, -0.1) is 0 Å². The lowest BCUT2D eigenvalue weighted by molar-refractivity contribution is 0.000317. The van der Waals surface area contributed by atoms with Gasteiger partial charge in [0.2, 0.25) is 0 Å². The van der Waals surface area contributed by atoms with Gasteiger partial charge in [0.15, 0.2) is 0 Å². The fourth-order valence-corrected chi connectivity index (χ4v) is 2.58. The number of pyridine rings is 1. The fraction of sp³-hybridized carbons (Fsp3) is 0.571. The maximum absolute atomic E-state index is 12.4. The van der Waals surface area contributed by atoms with Crippen molar-refractivity contribution in [2.75, 3.05) is 6.54 Å². The Balaban J connectivity index is 2.23. The van der Waals surface area contributed by atoms with Crippen LogP contribution in [0, 0.1) is 6.92 Å². The highest BCUT2D eigenvalue weighted by atomic mass is 16.3. The van der Waals surface area contributed by atoms with Crippen LogP contribution in [0.1, 0.15) is 42.6 Å². The molecule has 4 heteroatoms. The number of nitrogens with zero attached hydrogens (tertiary/aromatic N) is 2. The molecule has 0 aromatic carbocycles. The Morgan fingerprint density at radius 1 is 1.50 bits per heavy atom. The Morgan fingerprint density at radius 3 is 2.83 bits per heavy atom. The second-order valence-electron chi connectivity index (χ2n) is 5.56. The molecule has 1 fully saturated rings. The van der Waals surface area contributed by atoms with E-state index in [1.165, 1.54) is 0 Å². The molecule has 4 nitrogen and oxygen atoms in total. The van der Waals surface area contributed by atoms with E-state index < -0.39 is 5.60 Å². The number of carbonyl (C=O) groups is 1. The first kappa shape index (κ1) is 13.0. The first-order valence-electron chi connectivity index (χ1n) is 6.34. The van der Waals surface area contributed by atoms with E-state index in [0.717, 1.165) is 18.4 Å². The van der Waals surface area contributed by atoms with Crippen LogP contribution in [-0.4, -0.2) is 39.1 Å². The summed E-state index contributed by atoms with van der Waals surface area (Å²) < 4.78 is 0. The zero-order valence-corrected chi connectivity index (χ0v) is 11.2. The molecule has 1 aromatic heterocycles. The molecule has 1 aromatic rings. The SMILES string of the molecule is Cc1cncc(C(=O)N2CCC[C@H]2C(C)(C)O)c1. The Kier molecular flexibility index (Phi) is 3.39. The molecule has 18 heavy (non-hydrogen) atoms. The molecule has 1 N–H and O–H groups in total. The molecule has 0 unspecified atom stereocenters. The van der Waals surface area contributed by atoms with Gasteiger partial charge in [-0.1, -0.05) is 0 Å². The van der Waals surface area contributed by atoms with E-state index in [1.54, 1.807) is 31.1 Å². The van der Waals surface area contributed by atoms with Crippen LogP contribution in [0.3, 0.4) is 0 Å². The van der Waals surface area contributed by atoms with Crippen molar-refractivity contribution < 1.29 is 9.90 Å². The van der Waals surface area contributed by atoms with E-state index in [-0.39, 0.29) is 11.9 Å². The Bertz CT molecular complexity index is 451. The summed E-state index contributed by atoms with van der Waals surface area (Å²) in [5.41, 5.74) is 0.717. The minimum atomic E-state index is -0.858. The van der Waals surface area contributed by atoms with Gasteiger partial charge in [0.1, 0.15) is 0 Å². The highest BCUT2D eigenvalue weighted by Gasteiger charge is 2.38. The highest BCUT2D eigenvalue weighted by Crippen LogP contribution is 2.28. The molecule has 0 spiro atoms. The predicted octanol–water partition coefficient (Wildman–Crippen LogP) is 1.77. The lowest BCUT2D eigenvalue weighted by Gasteiger charge is -2.33. The number of aryl methyl sites for hydroxylation is 1. The van der Waals surface area contributed by atoms with E-state index in [4.69, 9.17) is 0 Å². The average molecular weight is 248 g/mol. The van der Waals surface area contributed by atoms with Gasteiger partial charge in [0.05, 0.1) is 17.2 Å². The molecule has 1 atom stereocenters. The first-order chi connectivity index (χ1) is 8.39. The minimum absolute atomic E-state index is 0.0316. The molecular formula is C14H20N2O2. The molecule has 2 heterocycles. The van der Waals surface area contributed by atoms with Gasteiger partial charge in [-0.2, -0.15) is 0 Å². The number of hydrogen-bond donors (Lipinski definition) is 1. The van der Waals surface area contributed by atoms with Crippen molar-refractivity contribution in [3.63, 3.8) is 0 Å². The van der Waals surface area contributed by atoms with E-state index in [9.17, 15) is 9.90 Å². The van der Waals surface area contributed by atoms with Crippen molar-refractivity contribution in [2.24, 2.45) is 0 Å². The summed E-state index contributed by atoms with van der Waals surface area (Å²) in [6.45, 7) is 6.15. The van der Waals surface area contributed by atoms with Crippen LogP contribution in [-0.2, 0) is 0 Å². The molecule has 1 aliphatic rings. The van der Waals surface area contributed by atoms with Crippen LogP contribution >= 0.6 is 0 Å². The molecule has 0 radical (unpaired) electrons.